The SMILES string of the molecule is N/C=C(\C=C(/C=O)NC(=O)c1ccc(N2CCCCC2)cc1)C1=CC#CC(NCC2CCNCC2)N1. The molecule has 0 aliphatic carbocycles. The van der Waals surface area contributed by atoms with Gasteiger partial charge in [-0.15, -0.1) is 0 Å². The van der Waals surface area contributed by atoms with Crippen molar-refractivity contribution in [2.45, 2.75) is 38.3 Å². The second kappa shape index (κ2) is 13.0. The average Bonchev–Trinajstić information content (AvgIpc) is 2.95. The molecule has 1 amide bonds. The molecule has 2 saturated heterocycles. The molecule has 0 aromatic heterocycles. The fourth-order valence-corrected chi connectivity index (χ4v) is 4.73. The van der Waals surface area contributed by atoms with Crippen molar-refractivity contribution in [2.24, 2.45) is 11.7 Å². The molecule has 0 radical (unpaired) electrons. The van der Waals surface area contributed by atoms with E-state index in [0.29, 0.717) is 29.0 Å². The Hall–Kier alpha value is -3.54. The van der Waals surface area contributed by atoms with Crippen LogP contribution in [0.1, 0.15) is 42.5 Å². The van der Waals surface area contributed by atoms with Gasteiger partial charge in [-0.3, -0.25) is 14.9 Å². The van der Waals surface area contributed by atoms with Crippen molar-refractivity contribution >= 4 is 17.9 Å². The number of rotatable bonds is 9. The number of nitrogens with one attached hydrogen (secondary N) is 4. The molecule has 0 bridgehead atoms. The minimum absolute atomic E-state index is 0.122. The second-order valence-corrected chi connectivity index (χ2v) is 9.41. The van der Waals surface area contributed by atoms with Crippen LogP contribution >= 0.6 is 0 Å². The molecule has 2 fully saturated rings. The monoisotopic (exact) mass is 488 g/mol. The fourth-order valence-electron chi connectivity index (χ4n) is 4.73. The molecular weight excluding hydrogens is 452 g/mol. The molecule has 0 saturated carbocycles. The summed E-state index contributed by atoms with van der Waals surface area (Å²) < 4.78 is 0. The van der Waals surface area contributed by atoms with E-state index in [1.165, 1.54) is 25.5 Å². The highest BCUT2D eigenvalue weighted by atomic mass is 16.2. The lowest BCUT2D eigenvalue weighted by Crippen LogP contribution is -2.45. The third-order valence-electron chi connectivity index (χ3n) is 6.85. The van der Waals surface area contributed by atoms with Crippen LogP contribution in [0.3, 0.4) is 0 Å². The van der Waals surface area contributed by atoms with E-state index in [9.17, 15) is 9.59 Å². The van der Waals surface area contributed by atoms with Crippen LogP contribution in [0.2, 0.25) is 0 Å². The second-order valence-electron chi connectivity index (χ2n) is 9.41. The summed E-state index contributed by atoms with van der Waals surface area (Å²) in [5.74, 6) is 6.42. The topological polar surface area (TPSA) is 112 Å². The molecule has 8 heteroatoms. The molecule has 1 unspecified atom stereocenters. The van der Waals surface area contributed by atoms with Gasteiger partial charge in [-0.1, -0.05) is 11.8 Å². The number of hydrogen-bond acceptors (Lipinski definition) is 7. The predicted molar refractivity (Wildman–Crippen MR) is 143 cm³/mol. The van der Waals surface area contributed by atoms with E-state index < -0.39 is 0 Å². The van der Waals surface area contributed by atoms with E-state index in [-0.39, 0.29) is 17.8 Å². The van der Waals surface area contributed by atoms with Crippen molar-refractivity contribution in [3.63, 3.8) is 0 Å². The number of hydrogen-bond donors (Lipinski definition) is 5. The third-order valence-corrected chi connectivity index (χ3v) is 6.85. The predicted octanol–water partition coefficient (Wildman–Crippen LogP) is 1.74. The number of carbonyl (C=O) groups excluding carboxylic acids is 2. The Bertz CT molecular complexity index is 1070. The largest absolute Gasteiger partial charge is 0.404 e. The number of anilines is 1. The summed E-state index contributed by atoms with van der Waals surface area (Å²) in [6.45, 7) is 5.07. The zero-order valence-corrected chi connectivity index (χ0v) is 20.7. The molecular formula is C28H36N6O2. The van der Waals surface area contributed by atoms with Crippen molar-refractivity contribution in [1.29, 1.82) is 0 Å². The van der Waals surface area contributed by atoms with Gasteiger partial charge in [-0.25, -0.2) is 0 Å². The Morgan fingerprint density at radius 1 is 1.14 bits per heavy atom. The minimum atomic E-state index is -0.346. The lowest BCUT2D eigenvalue weighted by molar-refractivity contribution is -0.105. The van der Waals surface area contributed by atoms with Crippen molar-refractivity contribution in [2.75, 3.05) is 37.6 Å². The molecule has 3 aliphatic rings. The van der Waals surface area contributed by atoms with Crippen molar-refractivity contribution in [3.05, 3.63) is 65.1 Å². The van der Waals surface area contributed by atoms with E-state index >= 15 is 0 Å². The quantitative estimate of drug-likeness (QED) is 0.156. The Morgan fingerprint density at radius 2 is 1.89 bits per heavy atom. The van der Waals surface area contributed by atoms with Gasteiger partial charge in [0.25, 0.3) is 5.91 Å². The molecule has 0 spiro atoms. The van der Waals surface area contributed by atoms with E-state index in [4.69, 9.17) is 5.73 Å². The van der Waals surface area contributed by atoms with E-state index in [1.54, 1.807) is 24.3 Å². The number of carbonyl (C=O) groups is 2. The summed E-state index contributed by atoms with van der Waals surface area (Å²) in [6, 6.07) is 7.51. The van der Waals surface area contributed by atoms with E-state index in [2.05, 4.69) is 38.0 Å². The van der Waals surface area contributed by atoms with Crippen LogP contribution < -0.4 is 31.9 Å². The smallest absolute Gasteiger partial charge is 0.255 e. The number of piperidine rings is 2. The van der Waals surface area contributed by atoms with Gasteiger partial charge in [0.2, 0.25) is 0 Å². The standard InChI is InChI=1S/C28H36N6O2/c29-18-23(26-5-4-6-27(33-26)31-19-21-11-13-30-14-12-21)17-24(20-35)32-28(36)22-7-9-25(10-8-22)34-15-2-1-3-16-34/h5,7-10,17-18,20-21,27,30-31,33H,1-3,11-16,19,29H2,(H,32,36)/b23-18+,24-17+. The lowest BCUT2D eigenvalue weighted by Gasteiger charge is -2.28. The first-order valence-corrected chi connectivity index (χ1v) is 12.8. The van der Waals surface area contributed by atoms with Gasteiger partial charge >= 0.3 is 0 Å². The number of nitrogens with zero attached hydrogens (tertiary/aromatic N) is 1. The van der Waals surface area contributed by atoms with Crippen LogP contribution in [-0.2, 0) is 4.79 Å². The maximum atomic E-state index is 12.8. The summed E-state index contributed by atoms with van der Waals surface area (Å²) in [4.78, 5) is 26.9. The van der Waals surface area contributed by atoms with Gasteiger partial charge in [0, 0.05) is 48.7 Å². The normalized spacial score (nSPS) is 21.1. The molecule has 36 heavy (non-hydrogen) atoms. The van der Waals surface area contributed by atoms with Crippen LogP contribution in [0.5, 0.6) is 0 Å². The lowest BCUT2D eigenvalue weighted by atomic mass is 9.98. The van der Waals surface area contributed by atoms with Crippen LogP contribution in [-0.4, -0.2) is 51.1 Å². The first-order chi connectivity index (χ1) is 17.7. The van der Waals surface area contributed by atoms with Crippen LogP contribution in [0.25, 0.3) is 0 Å². The molecule has 8 nitrogen and oxygen atoms in total. The average molecular weight is 489 g/mol. The third kappa shape index (κ3) is 7.00. The molecule has 6 N–H and O–H groups in total. The van der Waals surface area contributed by atoms with Crippen molar-refractivity contribution in [3.8, 4) is 11.8 Å². The first kappa shape index (κ1) is 25.5. The Labute approximate surface area is 213 Å². The van der Waals surface area contributed by atoms with E-state index in [1.807, 2.05) is 12.1 Å². The highest BCUT2D eigenvalue weighted by molar-refractivity contribution is 5.98. The summed E-state index contributed by atoms with van der Waals surface area (Å²) in [5, 5.41) is 12.9. The Balaban J connectivity index is 1.34. The molecule has 1 aromatic carbocycles. The van der Waals surface area contributed by atoms with Gasteiger partial charge in [-0.2, -0.15) is 0 Å². The molecule has 1 aromatic rings. The molecule has 190 valence electrons. The van der Waals surface area contributed by atoms with Crippen LogP contribution in [0, 0.1) is 17.8 Å². The van der Waals surface area contributed by atoms with Crippen LogP contribution in [0.4, 0.5) is 5.69 Å². The summed E-state index contributed by atoms with van der Waals surface area (Å²) in [7, 11) is 0. The van der Waals surface area contributed by atoms with Gasteiger partial charge in [0.05, 0.1) is 11.4 Å². The molecule has 3 heterocycles. The molecule has 4 rings (SSSR count). The van der Waals surface area contributed by atoms with Gasteiger partial charge < -0.3 is 26.6 Å². The zero-order chi connectivity index (χ0) is 25.2. The molecule has 3 aliphatic heterocycles. The number of nitrogens with two attached hydrogens (primary N) is 1. The van der Waals surface area contributed by atoms with Gasteiger partial charge in [0.15, 0.2) is 6.29 Å². The maximum Gasteiger partial charge on any atom is 0.255 e. The Kier molecular flexibility index (Phi) is 9.20. The highest BCUT2D eigenvalue weighted by Crippen LogP contribution is 2.20. The van der Waals surface area contributed by atoms with Crippen LogP contribution in [0.15, 0.2) is 59.6 Å². The van der Waals surface area contributed by atoms with Crippen molar-refractivity contribution in [1.82, 2.24) is 21.3 Å². The molecule has 1 atom stereocenters. The summed E-state index contributed by atoms with van der Waals surface area (Å²) >= 11 is 0. The Morgan fingerprint density at radius 3 is 2.58 bits per heavy atom. The van der Waals surface area contributed by atoms with Crippen molar-refractivity contribution < 1.29 is 9.59 Å². The van der Waals surface area contributed by atoms with Gasteiger partial charge in [0.1, 0.15) is 6.17 Å². The van der Waals surface area contributed by atoms with Gasteiger partial charge in [-0.05, 0) is 81.5 Å². The number of benzene rings is 1. The maximum absolute atomic E-state index is 12.8. The first-order valence-electron chi connectivity index (χ1n) is 12.8. The number of allylic oxidation sites excluding steroid dienone is 3. The zero-order valence-electron chi connectivity index (χ0n) is 20.7. The van der Waals surface area contributed by atoms with E-state index in [0.717, 1.165) is 51.3 Å². The fraction of sp³-hybridized carbons (Fsp3) is 0.429. The summed E-state index contributed by atoms with van der Waals surface area (Å²) in [5.41, 5.74) is 8.87. The number of amides is 1. The number of aldehydes is 1. The minimum Gasteiger partial charge on any atom is -0.404 e. The summed E-state index contributed by atoms with van der Waals surface area (Å²) in [6.07, 6.45) is 11.0. The highest BCUT2D eigenvalue weighted by Gasteiger charge is 2.18.